The van der Waals surface area contributed by atoms with Gasteiger partial charge in [-0.1, -0.05) is 10.2 Å². The number of hydrogen-bond donors (Lipinski definition) is 2. The molecule has 0 aliphatic carbocycles. The van der Waals surface area contributed by atoms with Crippen molar-refractivity contribution in [2.75, 3.05) is 46.7 Å². The molecular formula is C9H25INO5PS. The van der Waals surface area contributed by atoms with Crippen LogP contribution in [0.25, 0.3) is 0 Å². The first-order valence-electron chi connectivity index (χ1n) is 5.54. The van der Waals surface area contributed by atoms with Gasteiger partial charge in [0.25, 0.3) is 0 Å². The average molecular weight is 417 g/mol. The molecule has 0 unspecified atom stereocenters. The Balaban J connectivity index is 0. The molecule has 18 heavy (non-hydrogen) atoms. The highest BCUT2D eigenvalue weighted by molar-refractivity contribution is 8.71. The monoisotopic (exact) mass is 417 g/mol. The maximum Gasteiger partial charge on any atom is 0.440 e. The van der Waals surface area contributed by atoms with E-state index in [4.69, 9.17) is 8.37 Å². The van der Waals surface area contributed by atoms with E-state index in [0.29, 0.717) is 11.0 Å². The lowest BCUT2D eigenvalue weighted by Gasteiger charge is -2.43. The Hall–Kier alpha value is 1.11. The predicted octanol–water partition coefficient (Wildman–Crippen LogP) is -1.50. The van der Waals surface area contributed by atoms with Gasteiger partial charge in [-0.3, -0.25) is 8.37 Å². The zero-order valence-corrected chi connectivity index (χ0v) is 15.5. The first-order valence-corrected chi connectivity index (χ1v) is 9.41. The molecule has 0 atom stereocenters. The number of quaternary nitrogens is 1. The second-order valence-electron chi connectivity index (χ2n) is 4.60. The molecule has 0 radical (unpaired) electrons. The van der Waals surface area contributed by atoms with Crippen LogP contribution in [0.2, 0.25) is 0 Å². The Labute approximate surface area is 128 Å². The van der Waals surface area contributed by atoms with Crippen molar-refractivity contribution in [1.29, 1.82) is 0 Å². The largest absolute Gasteiger partial charge is 1.00 e. The second kappa shape index (κ2) is 8.41. The Kier molecular flexibility index (Phi) is 10.0. The number of rotatable bonds is 8. The van der Waals surface area contributed by atoms with Crippen LogP contribution < -0.4 is 24.0 Å². The summed E-state index contributed by atoms with van der Waals surface area (Å²) in [5.41, 5.74) is 0. The van der Waals surface area contributed by atoms with E-state index in [1.807, 2.05) is 21.1 Å². The highest BCUT2D eigenvalue weighted by Crippen LogP contribution is 2.78. The molecule has 0 aliphatic heterocycles. The highest BCUT2D eigenvalue weighted by atomic mass is 127. The van der Waals surface area contributed by atoms with Gasteiger partial charge in [0, 0.05) is 0 Å². The van der Waals surface area contributed by atoms with Crippen LogP contribution in [0, 0.1) is 0 Å². The molecule has 0 rings (SSSR count). The second-order valence-corrected chi connectivity index (χ2v) is 10.7. The van der Waals surface area contributed by atoms with Crippen molar-refractivity contribution in [3.63, 3.8) is 0 Å². The van der Waals surface area contributed by atoms with E-state index >= 15 is 0 Å². The van der Waals surface area contributed by atoms with Crippen LogP contribution in [0.4, 0.5) is 0 Å². The summed E-state index contributed by atoms with van der Waals surface area (Å²) in [6.45, 7) is 0.0755. The lowest BCUT2D eigenvalue weighted by Crippen LogP contribution is -3.00. The van der Waals surface area contributed by atoms with Gasteiger partial charge < -0.3 is 38.2 Å². The topological polar surface area (TPSA) is 76.0 Å². The van der Waals surface area contributed by atoms with Gasteiger partial charge in [-0.15, -0.1) is 0 Å². The van der Waals surface area contributed by atoms with Crippen molar-refractivity contribution < 1.29 is 51.2 Å². The Morgan fingerprint density at radius 3 is 1.72 bits per heavy atom. The SMILES string of the molecule is CCOS(CC[N+](C)(C)C)(OCC)P(=O)(O)O.[I-]. The van der Waals surface area contributed by atoms with Crippen LogP contribution in [-0.4, -0.2) is 60.9 Å². The van der Waals surface area contributed by atoms with Gasteiger partial charge in [-0.05, 0) is 13.8 Å². The van der Waals surface area contributed by atoms with E-state index in [2.05, 4.69) is 0 Å². The molecule has 0 fully saturated rings. The van der Waals surface area contributed by atoms with Gasteiger partial charge in [0.15, 0.2) is 0 Å². The van der Waals surface area contributed by atoms with Gasteiger partial charge in [-0.25, -0.2) is 4.57 Å². The summed E-state index contributed by atoms with van der Waals surface area (Å²) in [6, 6.07) is 0. The third-order valence-corrected chi connectivity index (χ3v) is 7.97. The molecular weight excluding hydrogens is 392 g/mol. The van der Waals surface area contributed by atoms with Crippen LogP contribution in [0.15, 0.2) is 0 Å². The van der Waals surface area contributed by atoms with Crippen molar-refractivity contribution in [2.24, 2.45) is 0 Å². The summed E-state index contributed by atoms with van der Waals surface area (Å²) in [7, 11) is 3.09. The fourth-order valence-corrected chi connectivity index (χ4v) is 5.91. The molecule has 6 nitrogen and oxygen atoms in total. The van der Waals surface area contributed by atoms with Gasteiger partial charge in [0.2, 0.25) is 0 Å². The van der Waals surface area contributed by atoms with Crippen molar-refractivity contribution in [2.45, 2.75) is 13.8 Å². The molecule has 0 saturated heterocycles. The van der Waals surface area contributed by atoms with Gasteiger partial charge in [0.1, 0.15) is 0 Å². The molecule has 0 aromatic heterocycles. The van der Waals surface area contributed by atoms with E-state index in [9.17, 15) is 14.4 Å². The molecule has 0 aromatic rings. The first-order chi connectivity index (χ1) is 7.58. The molecule has 0 bridgehead atoms. The average Bonchev–Trinajstić information content (AvgIpc) is 2.12. The summed E-state index contributed by atoms with van der Waals surface area (Å²) < 4.78 is 22.9. The molecule has 0 amide bonds. The fraction of sp³-hybridized carbons (Fsp3) is 1.00. The molecule has 0 aromatic carbocycles. The Bertz CT molecular complexity index is 275. The van der Waals surface area contributed by atoms with Crippen molar-refractivity contribution in [3.8, 4) is 0 Å². The van der Waals surface area contributed by atoms with Crippen LogP contribution in [0.1, 0.15) is 13.8 Å². The van der Waals surface area contributed by atoms with Gasteiger partial charge >= 0.3 is 6.80 Å². The van der Waals surface area contributed by atoms with E-state index < -0.39 is 17.0 Å². The predicted molar refractivity (Wildman–Crippen MR) is 70.7 cm³/mol. The zero-order valence-electron chi connectivity index (χ0n) is 11.6. The Morgan fingerprint density at radius 1 is 1.11 bits per heavy atom. The zero-order chi connectivity index (χ0) is 13.7. The summed E-state index contributed by atoms with van der Waals surface area (Å²) in [4.78, 5) is 19.0. The standard InChI is InChI=1S/C9H24NO5PS.HI/c1-6-14-17(15-7-2,16(11,12)13)9-8-10(3,4)5;/h6-9H2,1-5H3,(H-,11,12,13);1H. The summed E-state index contributed by atoms with van der Waals surface area (Å²) in [5, 5.41) is 0. The van der Waals surface area contributed by atoms with Crippen molar-refractivity contribution in [3.05, 3.63) is 0 Å². The maximum absolute atomic E-state index is 11.6. The van der Waals surface area contributed by atoms with E-state index in [0.717, 1.165) is 0 Å². The van der Waals surface area contributed by atoms with E-state index in [-0.39, 0.29) is 42.9 Å². The lowest BCUT2D eigenvalue weighted by molar-refractivity contribution is -0.867. The van der Waals surface area contributed by atoms with Crippen LogP contribution in [0.3, 0.4) is 0 Å². The minimum atomic E-state index is -4.40. The van der Waals surface area contributed by atoms with Crippen LogP contribution in [-0.2, 0) is 12.9 Å². The minimum absolute atomic E-state index is 0. The van der Waals surface area contributed by atoms with Crippen LogP contribution in [0.5, 0.6) is 0 Å². The molecule has 114 valence electrons. The molecule has 0 spiro atoms. The fourth-order valence-electron chi connectivity index (χ4n) is 1.17. The van der Waals surface area contributed by atoms with Crippen molar-refractivity contribution in [1.82, 2.24) is 0 Å². The smallest absolute Gasteiger partial charge is 0.440 e. The third kappa shape index (κ3) is 7.04. The molecule has 2 N–H and O–H groups in total. The summed E-state index contributed by atoms with van der Waals surface area (Å²) >= 11 is 0. The van der Waals surface area contributed by atoms with E-state index in [1.54, 1.807) is 13.8 Å². The molecule has 0 aliphatic rings. The van der Waals surface area contributed by atoms with Crippen molar-refractivity contribution >= 4 is 17.0 Å². The normalized spacial score (nSPS) is 14.2. The number of hydrogen-bond acceptors (Lipinski definition) is 3. The lowest BCUT2D eigenvalue weighted by atomic mass is 10.6. The molecule has 0 heterocycles. The maximum atomic E-state index is 11.6. The summed E-state index contributed by atoms with van der Waals surface area (Å²) in [5.74, 6) is 0.239. The summed E-state index contributed by atoms with van der Waals surface area (Å²) in [6.07, 6.45) is 0. The quantitative estimate of drug-likeness (QED) is 0.286. The first kappa shape index (κ1) is 21.4. The third-order valence-electron chi connectivity index (χ3n) is 1.99. The molecule has 0 saturated carbocycles. The number of halogens is 1. The van der Waals surface area contributed by atoms with Crippen LogP contribution >= 0.6 is 17.0 Å². The van der Waals surface area contributed by atoms with E-state index in [1.165, 1.54) is 0 Å². The number of nitrogens with zero attached hydrogens (tertiary/aromatic N) is 1. The minimum Gasteiger partial charge on any atom is -1.00 e. The molecule has 9 heteroatoms. The highest BCUT2D eigenvalue weighted by Gasteiger charge is 2.41. The van der Waals surface area contributed by atoms with Gasteiger partial charge in [0.05, 0.1) is 46.7 Å². The Morgan fingerprint density at radius 2 is 1.50 bits per heavy atom. The van der Waals surface area contributed by atoms with Gasteiger partial charge in [-0.2, -0.15) is 0 Å².